The van der Waals surface area contributed by atoms with E-state index in [9.17, 15) is 4.79 Å². The van der Waals surface area contributed by atoms with Crippen LogP contribution in [0.2, 0.25) is 0 Å². The second-order valence-electron chi connectivity index (χ2n) is 2.42. The molecule has 0 saturated heterocycles. The summed E-state index contributed by atoms with van der Waals surface area (Å²) in [6.45, 7) is 0. The third-order valence-corrected chi connectivity index (χ3v) is 1.72. The molecule has 0 aromatic carbocycles. The zero-order chi connectivity index (χ0) is 7.40. The molecule has 56 valence electrons. The highest BCUT2D eigenvalue weighted by Gasteiger charge is 2.18. The highest BCUT2D eigenvalue weighted by atomic mass is 16.7. The Bertz CT molecular complexity index is 154. The molecule has 0 aromatic rings. The molecule has 0 heterocycles. The molecule has 10 heavy (non-hydrogen) atoms. The van der Waals surface area contributed by atoms with Crippen LogP contribution in [0.4, 0.5) is 0 Å². The molecule has 0 amide bonds. The molecule has 1 rings (SSSR count). The predicted octanol–water partition coefficient (Wildman–Crippen LogP) is 0.760. The van der Waals surface area contributed by atoms with Crippen molar-refractivity contribution in [3.63, 3.8) is 0 Å². The second kappa shape index (κ2) is 3.37. The SMILES string of the molecule is NOC(=O)C1CC=CCC1. The van der Waals surface area contributed by atoms with Gasteiger partial charge in [0.15, 0.2) is 0 Å². The Morgan fingerprint density at radius 3 is 2.90 bits per heavy atom. The fourth-order valence-corrected chi connectivity index (χ4v) is 1.10. The van der Waals surface area contributed by atoms with Crippen molar-refractivity contribution in [1.82, 2.24) is 0 Å². The van der Waals surface area contributed by atoms with Crippen molar-refractivity contribution in [3.05, 3.63) is 12.2 Å². The van der Waals surface area contributed by atoms with Crippen molar-refractivity contribution < 1.29 is 9.63 Å². The maximum Gasteiger partial charge on any atom is 0.327 e. The van der Waals surface area contributed by atoms with Crippen LogP contribution in [0.25, 0.3) is 0 Å². The van der Waals surface area contributed by atoms with E-state index in [-0.39, 0.29) is 11.9 Å². The molecule has 3 heteroatoms. The van der Waals surface area contributed by atoms with Crippen molar-refractivity contribution in [2.45, 2.75) is 19.3 Å². The Labute approximate surface area is 59.8 Å². The van der Waals surface area contributed by atoms with Crippen molar-refractivity contribution in [2.24, 2.45) is 11.8 Å². The molecular formula is C7H11NO2. The van der Waals surface area contributed by atoms with Gasteiger partial charge in [0, 0.05) is 0 Å². The molecule has 0 saturated carbocycles. The fourth-order valence-electron chi connectivity index (χ4n) is 1.10. The van der Waals surface area contributed by atoms with E-state index in [2.05, 4.69) is 10.9 Å². The molecule has 0 aromatic heterocycles. The first-order valence-electron chi connectivity index (χ1n) is 3.40. The van der Waals surface area contributed by atoms with Crippen LogP contribution < -0.4 is 5.90 Å². The average Bonchev–Trinajstić information content (AvgIpc) is 2.05. The lowest BCUT2D eigenvalue weighted by Crippen LogP contribution is -2.21. The first-order chi connectivity index (χ1) is 4.84. The van der Waals surface area contributed by atoms with Gasteiger partial charge in [0.25, 0.3) is 0 Å². The molecule has 3 nitrogen and oxygen atoms in total. The summed E-state index contributed by atoms with van der Waals surface area (Å²) in [7, 11) is 0. The summed E-state index contributed by atoms with van der Waals surface area (Å²) in [4.78, 5) is 14.9. The second-order valence-corrected chi connectivity index (χ2v) is 2.42. The van der Waals surface area contributed by atoms with Gasteiger partial charge in [-0.1, -0.05) is 12.2 Å². The van der Waals surface area contributed by atoms with Crippen molar-refractivity contribution in [3.8, 4) is 0 Å². The number of rotatable bonds is 1. The number of hydrogen-bond donors (Lipinski definition) is 1. The molecule has 0 spiro atoms. The predicted molar refractivity (Wildman–Crippen MR) is 36.8 cm³/mol. The first kappa shape index (κ1) is 7.28. The molecule has 0 fully saturated rings. The summed E-state index contributed by atoms with van der Waals surface area (Å²) in [6.07, 6.45) is 6.66. The first-order valence-corrected chi connectivity index (χ1v) is 3.40. The number of carbonyl (C=O) groups excluding carboxylic acids is 1. The van der Waals surface area contributed by atoms with Gasteiger partial charge in [-0.25, -0.2) is 0 Å². The van der Waals surface area contributed by atoms with Crippen molar-refractivity contribution in [1.29, 1.82) is 0 Å². The van der Waals surface area contributed by atoms with Crippen molar-refractivity contribution >= 4 is 5.97 Å². The Kier molecular flexibility index (Phi) is 2.45. The largest absolute Gasteiger partial charge is 0.373 e. The molecule has 1 aliphatic carbocycles. The van der Waals surface area contributed by atoms with E-state index in [0.29, 0.717) is 0 Å². The van der Waals surface area contributed by atoms with Crippen LogP contribution in [0.5, 0.6) is 0 Å². The molecule has 1 unspecified atom stereocenters. The van der Waals surface area contributed by atoms with Gasteiger partial charge in [-0.2, -0.15) is 5.90 Å². The minimum absolute atomic E-state index is 0.00463. The highest BCUT2D eigenvalue weighted by Crippen LogP contribution is 2.18. The van der Waals surface area contributed by atoms with Gasteiger partial charge in [0.1, 0.15) is 0 Å². The fraction of sp³-hybridized carbons (Fsp3) is 0.571. The number of allylic oxidation sites excluding steroid dienone is 2. The minimum Gasteiger partial charge on any atom is -0.373 e. The quantitative estimate of drug-likeness (QED) is 0.433. The van der Waals surface area contributed by atoms with Crippen LogP contribution in [0.1, 0.15) is 19.3 Å². The zero-order valence-corrected chi connectivity index (χ0v) is 5.75. The van der Waals surface area contributed by atoms with E-state index in [4.69, 9.17) is 5.90 Å². The van der Waals surface area contributed by atoms with Gasteiger partial charge < -0.3 is 4.84 Å². The lowest BCUT2D eigenvalue weighted by Gasteiger charge is -2.13. The minimum atomic E-state index is -0.288. The van der Waals surface area contributed by atoms with E-state index in [1.807, 2.05) is 6.08 Å². The molecule has 2 N–H and O–H groups in total. The van der Waals surface area contributed by atoms with E-state index in [0.717, 1.165) is 19.3 Å². The summed E-state index contributed by atoms with van der Waals surface area (Å²) < 4.78 is 0. The van der Waals surface area contributed by atoms with Crippen LogP contribution >= 0.6 is 0 Å². The molecule has 0 bridgehead atoms. The maximum atomic E-state index is 10.8. The highest BCUT2D eigenvalue weighted by molar-refractivity contribution is 5.72. The van der Waals surface area contributed by atoms with E-state index < -0.39 is 0 Å². The van der Waals surface area contributed by atoms with Crippen LogP contribution in [0.3, 0.4) is 0 Å². The topological polar surface area (TPSA) is 52.3 Å². The average molecular weight is 141 g/mol. The standard InChI is InChI=1S/C7H11NO2/c8-10-7(9)6-4-2-1-3-5-6/h1-2,6H,3-5,8H2. The van der Waals surface area contributed by atoms with Crippen LogP contribution in [-0.4, -0.2) is 5.97 Å². The lowest BCUT2D eigenvalue weighted by molar-refractivity contribution is -0.149. The Hall–Kier alpha value is -0.830. The lowest BCUT2D eigenvalue weighted by atomic mass is 9.95. The van der Waals surface area contributed by atoms with Crippen LogP contribution in [0.15, 0.2) is 12.2 Å². The maximum absolute atomic E-state index is 10.8. The van der Waals surface area contributed by atoms with Crippen LogP contribution in [-0.2, 0) is 9.63 Å². The summed E-state index contributed by atoms with van der Waals surface area (Å²) in [5.41, 5.74) is 0. The van der Waals surface area contributed by atoms with Gasteiger partial charge in [0.2, 0.25) is 0 Å². The molecule has 0 radical (unpaired) electrons. The number of hydrogen-bond acceptors (Lipinski definition) is 3. The monoisotopic (exact) mass is 141 g/mol. The van der Waals surface area contributed by atoms with Crippen LogP contribution in [0, 0.1) is 5.92 Å². The summed E-state index contributed by atoms with van der Waals surface area (Å²) in [5, 5.41) is 0. The zero-order valence-electron chi connectivity index (χ0n) is 5.75. The summed E-state index contributed by atoms with van der Waals surface area (Å²) >= 11 is 0. The van der Waals surface area contributed by atoms with E-state index in [1.165, 1.54) is 0 Å². The molecule has 1 atom stereocenters. The summed E-state index contributed by atoms with van der Waals surface area (Å²) in [6, 6.07) is 0. The van der Waals surface area contributed by atoms with E-state index >= 15 is 0 Å². The normalized spacial score (nSPS) is 24.3. The summed E-state index contributed by atoms with van der Waals surface area (Å²) in [5.74, 6) is 4.44. The molecule has 0 aliphatic heterocycles. The van der Waals surface area contributed by atoms with Gasteiger partial charge in [-0.3, -0.25) is 4.79 Å². The Morgan fingerprint density at radius 1 is 1.60 bits per heavy atom. The van der Waals surface area contributed by atoms with Gasteiger partial charge in [-0.15, -0.1) is 0 Å². The van der Waals surface area contributed by atoms with E-state index in [1.54, 1.807) is 0 Å². The Morgan fingerprint density at radius 2 is 2.40 bits per heavy atom. The smallest absolute Gasteiger partial charge is 0.327 e. The van der Waals surface area contributed by atoms with Gasteiger partial charge in [0.05, 0.1) is 5.92 Å². The Balaban J connectivity index is 2.41. The number of carbonyl (C=O) groups is 1. The molecular weight excluding hydrogens is 130 g/mol. The van der Waals surface area contributed by atoms with Crippen molar-refractivity contribution in [2.75, 3.05) is 0 Å². The van der Waals surface area contributed by atoms with Gasteiger partial charge in [-0.05, 0) is 19.3 Å². The molecule has 1 aliphatic rings. The third-order valence-electron chi connectivity index (χ3n) is 1.72. The third kappa shape index (κ3) is 1.57. The number of nitrogens with two attached hydrogens (primary N) is 1. The van der Waals surface area contributed by atoms with Gasteiger partial charge >= 0.3 is 5.97 Å².